The van der Waals surface area contributed by atoms with E-state index in [4.69, 9.17) is 41.9 Å². The second-order valence-electron chi connectivity index (χ2n) is 7.37. The van der Waals surface area contributed by atoms with E-state index in [1.54, 1.807) is 0 Å². The first-order chi connectivity index (χ1) is 17.2. The number of fused-ring (bicyclic) bond motifs is 1. The minimum absolute atomic E-state index is 0.142. The number of phosphoric ester groups is 1. The molecule has 3 heterocycles. The predicted molar refractivity (Wildman–Crippen MR) is 130 cm³/mol. The van der Waals surface area contributed by atoms with Crippen LogP contribution in [0.25, 0.3) is 11.2 Å². The average molecular weight is 588 g/mol. The number of nitrogens with two attached hydrogens (primary N) is 3. The molecule has 2 unspecified atom stereocenters. The highest BCUT2D eigenvalue weighted by Gasteiger charge is 2.45. The molecule has 37 heavy (non-hydrogen) atoms. The van der Waals surface area contributed by atoms with E-state index in [2.05, 4.69) is 19.5 Å². The normalized spacial score (nSPS) is 23.3. The third-order valence-corrected chi connectivity index (χ3v) is 7.58. The molecule has 0 aliphatic carbocycles. The number of hydrogen-bond donors (Lipinski definition) is 9. The zero-order chi connectivity index (χ0) is 27.9. The molecule has 0 spiro atoms. The molecule has 21 heteroatoms. The number of nitrogens with zero attached hydrogens (tertiary/aromatic N) is 4. The number of aromatic nitrogens is 4. The third-order valence-electron chi connectivity index (χ3n) is 4.62. The molecule has 1 saturated heterocycles. The van der Waals surface area contributed by atoms with Gasteiger partial charge in [-0.1, -0.05) is 21.6 Å². The minimum atomic E-state index is -4.72. The number of imidazole rings is 1. The fourth-order valence-electron chi connectivity index (χ4n) is 2.71. The molecule has 0 bridgehead atoms. The Kier molecular flexibility index (Phi) is 11.5. The molecular formula is C16H26N7O11PS2. The molecule has 0 radical (unpaired) electrons. The topological polar surface area (TPSA) is 313 Å². The van der Waals surface area contributed by atoms with E-state index in [9.17, 15) is 24.4 Å². The maximum Gasteiger partial charge on any atom is 0.469 e. The van der Waals surface area contributed by atoms with Crippen LogP contribution in [0.4, 0.5) is 5.82 Å². The van der Waals surface area contributed by atoms with Gasteiger partial charge in [-0.3, -0.25) is 18.7 Å². The Labute approximate surface area is 216 Å². The lowest BCUT2D eigenvalue weighted by molar-refractivity contribution is -0.138. The molecule has 0 saturated carbocycles. The second-order valence-corrected chi connectivity index (χ2v) is 11.2. The number of aliphatic hydroxyl groups excluding tert-OH is 2. The molecule has 1 fully saturated rings. The first kappa shape index (κ1) is 31.1. The van der Waals surface area contributed by atoms with Crippen molar-refractivity contribution in [2.24, 2.45) is 11.5 Å². The van der Waals surface area contributed by atoms with Crippen LogP contribution < -0.4 is 17.2 Å². The maximum absolute atomic E-state index is 10.7. The van der Waals surface area contributed by atoms with Gasteiger partial charge in [-0.2, -0.15) is 0 Å². The number of rotatable bonds is 11. The van der Waals surface area contributed by atoms with Gasteiger partial charge in [0.15, 0.2) is 17.7 Å². The van der Waals surface area contributed by atoms with Crippen molar-refractivity contribution in [2.75, 3.05) is 23.8 Å². The van der Waals surface area contributed by atoms with Crippen LogP contribution in [0.5, 0.6) is 0 Å². The Morgan fingerprint density at radius 1 is 1.08 bits per heavy atom. The highest BCUT2D eigenvalue weighted by atomic mass is 33.1. The quantitative estimate of drug-likeness (QED) is 0.0734. The summed E-state index contributed by atoms with van der Waals surface area (Å²) in [5, 5.41) is 36.9. The summed E-state index contributed by atoms with van der Waals surface area (Å²) >= 11 is 0. The number of carboxylic acid groups (broad SMARTS) is 2. The van der Waals surface area contributed by atoms with E-state index >= 15 is 0 Å². The number of carboxylic acids is 2. The highest BCUT2D eigenvalue weighted by molar-refractivity contribution is 8.76. The van der Waals surface area contributed by atoms with E-state index in [0.717, 1.165) is 0 Å². The standard InChI is InChI=1S/C10H14N5O7P.C6H12N2O4S2/c11-8-5-9(13-2-12-8)15(3-14-5)10-7(17)6(16)4(22-10)1-21-23(18,19)20;7-3(5(9)10)1-13-14-2-4(8)6(11)12/h2-4,6-7,10,16-17H,1H2,(H2,11,12,13)(H2,18,19,20);3-4H,1-2,7-8H2,(H,9,10)(H,11,12)/t4-,6-,7-,10-;/m1./s1. The molecule has 6 atom stereocenters. The monoisotopic (exact) mass is 587 g/mol. The van der Waals surface area contributed by atoms with Crippen molar-refractivity contribution in [3.05, 3.63) is 12.7 Å². The third kappa shape index (κ3) is 9.00. The smallest absolute Gasteiger partial charge is 0.469 e. The number of phosphoric acid groups is 1. The van der Waals surface area contributed by atoms with Crippen molar-refractivity contribution in [1.29, 1.82) is 0 Å². The summed E-state index contributed by atoms with van der Waals surface area (Å²) in [5.41, 5.74) is 16.7. The van der Waals surface area contributed by atoms with E-state index in [0.29, 0.717) is 5.52 Å². The van der Waals surface area contributed by atoms with Gasteiger partial charge in [0.25, 0.3) is 0 Å². The van der Waals surface area contributed by atoms with E-state index in [-0.39, 0.29) is 23.0 Å². The molecule has 0 amide bonds. The van der Waals surface area contributed by atoms with Gasteiger partial charge in [-0.05, 0) is 0 Å². The first-order valence-electron chi connectivity index (χ1n) is 10.1. The molecule has 18 nitrogen and oxygen atoms in total. The van der Waals surface area contributed by atoms with Gasteiger partial charge in [0, 0.05) is 11.5 Å². The molecule has 1 aliphatic heterocycles. The van der Waals surface area contributed by atoms with Crippen molar-refractivity contribution in [1.82, 2.24) is 19.5 Å². The number of ether oxygens (including phenoxy) is 1. The summed E-state index contributed by atoms with van der Waals surface area (Å²) in [6, 6.07) is -1.85. The van der Waals surface area contributed by atoms with E-state index in [1.807, 2.05) is 0 Å². The SMILES string of the molecule is NC(CSSCC(N)C(=O)O)C(=O)O.Nc1ncnc2c1ncn2[C@@H]1O[C@H](COP(=O)(O)O)[C@@H](O)[C@H]1O. The fraction of sp³-hybridized carbons (Fsp3) is 0.562. The maximum atomic E-state index is 10.7. The number of hydrogen-bond acceptors (Lipinski definition) is 15. The molecule has 208 valence electrons. The predicted octanol–water partition coefficient (Wildman–Crippen LogP) is -2.67. The van der Waals surface area contributed by atoms with Crippen LogP contribution in [0.2, 0.25) is 0 Å². The van der Waals surface area contributed by atoms with Crippen LogP contribution in [0.3, 0.4) is 0 Å². The number of nitrogen functional groups attached to an aromatic ring is 1. The first-order valence-corrected chi connectivity index (χ1v) is 14.1. The average Bonchev–Trinajstić information content (AvgIpc) is 3.37. The van der Waals surface area contributed by atoms with Crippen molar-refractivity contribution < 1.29 is 53.6 Å². The zero-order valence-corrected chi connectivity index (χ0v) is 21.3. The lowest BCUT2D eigenvalue weighted by Crippen LogP contribution is -2.33. The van der Waals surface area contributed by atoms with Crippen LogP contribution in [-0.4, -0.2) is 110 Å². The Morgan fingerprint density at radius 2 is 1.65 bits per heavy atom. The molecular weight excluding hydrogens is 561 g/mol. The van der Waals surface area contributed by atoms with Crippen molar-refractivity contribution >= 4 is 58.3 Å². The largest absolute Gasteiger partial charge is 0.480 e. The molecule has 2 aromatic heterocycles. The molecule has 3 rings (SSSR count). The number of aliphatic hydroxyl groups is 2. The van der Waals surface area contributed by atoms with Gasteiger partial charge in [0.2, 0.25) is 0 Å². The summed E-state index contributed by atoms with van der Waals surface area (Å²) in [6.07, 6.45) is -2.49. The lowest BCUT2D eigenvalue weighted by atomic mass is 10.1. The summed E-state index contributed by atoms with van der Waals surface area (Å²) in [7, 11) is -2.31. The molecule has 0 aromatic carbocycles. The van der Waals surface area contributed by atoms with Crippen LogP contribution in [-0.2, 0) is 23.4 Å². The zero-order valence-electron chi connectivity index (χ0n) is 18.7. The Bertz CT molecular complexity index is 1100. The van der Waals surface area contributed by atoms with Crippen LogP contribution in [0, 0.1) is 0 Å². The van der Waals surface area contributed by atoms with Crippen molar-refractivity contribution in [3.63, 3.8) is 0 Å². The van der Waals surface area contributed by atoms with Gasteiger partial charge < -0.3 is 52.2 Å². The summed E-state index contributed by atoms with van der Waals surface area (Å²) < 4.78 is 21.8. The van der Waals surface area contributed by atoms with E-state index < -0.39 is 63.0 Å². The number of carbonyl (C=O) groups is 2. The molecule has 2 aromatic rings. The van der Waals surface area contributed by atoms with Crippen molar-refractivity contribution in [3.8, 4) is 0 Å². The van der Waals surface area contributed by atoms with Gasteiger partial charge >= 0.3 is 19.8 Å². The van der Waals surface area contributed by atoms with Gasteiger partial charge in [-0.25, -0.2) is 19.5 Å². The van der Waals surface area contributed by atoms with Gasteiger partial charge in [0.05, 0.1) is 12.9 Å². The number of anilines is 1. The second kappa shape index (κ2) is 13.6. The Morgan fingerprint density at radius 3 is 2.16 bits per heavy atom. The van der Waals surface area contributed by atoms with Crippen molar-refractivity contribution in [2.45, 2.75) is 36.6 Å². The summed E-state index contributed by atoms with van der Waals surface area (Å²) in [6.45, 7) is -0.594. The van der Waals surface area contributed by atoms with E-state index in [1.165, 1.54) is 38.8 Å². The lowest BCUT2D eigenvalue weighted by Gasteiger charge is -2.16. The molecule has 12 N–H and O–H groups in total. The summed E-state index contributed by atoms with van der Waals surface area (Å²) in [4.78, 5) is 49.7. The van der Waals surface area contributed by atoms with Crippen LogP contribution >= 0.6 is 29.4 Å². The highest BCUT2D eigenvalue weighted by Crippen LogP contribution is 2.38. The van der Waals surface area contributed by atoms with Gasteiger partial charge in [0.1, 0.15) is 42.2 Å². The summed E-state index contributed by atoms with van der Waals surface area (Å²) in [5.74, 6) is -1.54. The number of aliphatic carboxylic acids is 2. The minimum Gasteiger partial charge on any atom is -0.480 e. The van der Waals surface area contributed by atoms with Crippen LogP contribution in [0.1, 0.15) is 6.23 Å². The van der Waals surface area contributed by atoms with Crippen LogP contribution in [0.15, 0.2) is 12.7 Å². The Balaban J connectivity index is 0.000000298. The van der Waals surface area contributed by atoms with Gasteiger partial charge in [-0.15, -0.1) is 0 Å². The molecule has 1 aliphatic rings. The fourth-order valence-corrected chi connectivity index (χ4v) is 5.28. The Hall–Kier alpha value is -2.10.